The van der Waals surface area contributed by atoms with Gasteiger partial charge in [-0.25, -0.2) is 0 Å². The summed E-state index contributed by atoms with van der Waals surface area (Å²) in [6.07, 6.45) is 5.20. The fraction of sp³-hybridized carbons (Fsp3) is 0.0500. The van der Waals surface area contributed by atoms with Crippen molar-refractivity contribution in [2.24, 2.45) is 5.73 Å². The SMILES string of the molecule is Cc1ccc(-c2ccc3ccccc3c2-c2ccc(C(/C=C(\N)c3ccccc3)=C/Cc3ccccc3)cc2)cc1. The Balaban J connectivity index is 1.44. The molecule has 0 amide bonds. The topological polar surface area (TPSA) is 26.0 Å². The maximum Gasteiger partial charge on any atom is 0.0393 e. The van der Waals surface area contributed by atoms with Crippen LogP contribution in [0.4, 0.5) is 0 Å². The van der Waals surface area contributed by atoms with E-state index < -0.39 is 0 Å². The maximum absolute atomic E-state index is 6.60. The summed E-state index contributed by atoms with van der Waals surface area (Å²) in [6, 6.07) is 51.6. The number of rotatable bonds is 7. The molecule has 0 saturated heterocycles. The summed E-state index contributed by atoms with van der Waals surface area (Å²) in [5.41, 5.74) is 18.1. The van der Waals surface area contributed by atoms with Crippen LogP contribution in [0.2, 0.25) is 0 Å². The fourth-order valence-electron chi connectivity index (χ4n) is 5.37. The Hall–Kier alpha value is -5.14. The van der Waals surface area contributed by atoms with Crippen molar-refractivity contribution in [2.45, 2.75) is 13.3 Å². The Labute approximate surface area is 242 Å². The largest absolute Gasteiger partial charge is 0.398 e. The van der Waals surface area contributed by atoms with Crippen LogP contribution >= 0.6 is 0 Å². The van der Waals surface area contributed by atoms with Gasteiger partial charge < -0.3 is 5.73 Å². The summed E-state index contributed by atoms with van der Waals surface area (Å²) in [7, 11) is 0. The average Bonchev–Trinajstić information content (AvgIpc) is 3.04. The molecule has 1 nitrogen and oxygen atoms in total. The third-order valence-electron chi connectivity index (χ3n) is 7.62. The molecule has 0 fully saturated rings. The van der Waals surface area contributed by atoms with Gasteiger partial charge in [0.2, 0.25) is 0 Å². The predicted molar refractivity (Wildman–Crippen MR) is 176 cm³/mol. The third-order valence-corrected chi connectivity index (χ3v) is 7.62. The minimum atomic E-state index is 0.754. The first kappa shape index (κ1) is 26.1. The van der Waals surface area contributed by atoms with Crippen molar-refractivity contribution in [2.75, 3.05) is 0 Å². The summed E-state index contributed by atoms with van der Waals surface area (Å²) in [5.74, 6) is 0. The normalized spacial score (nSPS) is 12.0. The Morgan fingerprint density at radius 3 is 1.95 bits per heavy atom. The molecule has 2 N–H and O–H groups in total. The molecule has 0 unspecified atom stereocenters. The molecule has 0 spiro atoms. The maximum atomic E-state index is 6.60. The van der Waals surface area contributed by atoms with Gasteiger partial charge in [0, 0.05) is 5.70 Å². The molecule has 6 aromatic carbocycles. The van der Waals surface area contributed by atoms with Crippen LogP contribution in [0.25, 0.3) is 44.3 Å². The van der Waals surface area contributed by atoms with E-state index in [1.165, 1.54) is 44.2 Å². The van der Waals surface area contributed by atoms with Crippen molar-refractivity contribution >= 4 is 22.0 Å². The first-order valence-corrected chi connectivity index (χ1v) is 14.1. The highest BCUT2D eigenvalue weighted by molar-refractivity contribution is 6.04. The molecule has 0 radical (unpaired) electrons. The van der Waals surface area contributed by atoms with Gasteiger partial charge in [0.05, 0.1) is 0 Å². The summed E-state index contributed by atoms with van der Waals surface area (Å²) in [6.45, 7) is 2.13. The number of nitrogens with two attached hydrogens (primary N) is 1. The standard InChI is InChI=1S/C40H33N/c1-29-16-19-33(20-17-29)38-27-26-32-12-8-9-15-37(32)40(38)35-24-22-31(23-25-35)36(21-18-30-10-4-2-5-11-30)28-39(41)34-13-6-3-7-14-34/h2-17,19-28H,18,41H2,1H3/b36-21+,39-28-. The zero-order chi connectivity index (χ0) is 28.0. The van der Waals surface area contributed by atoms with E-state index in [0.717, 1.165) is 28.8 Å². The van der Waals surface area contributed by atoms with E-state index in [2.05, 4.69) is 146 Å². The molecule has 0 bridgehead atoms. The molecular weight excluding hydrogens is 494 g/mol. The van der Waals surface area contributed by atoms with Crippen LogP contribution in [0.15, 0.2) is 158 Å². The molecule has 198 valence electrons. The van der Waals surface area contributed by atoms with Crippen LogP contribution < -0.4 is 5.73 Å². The highest BCUT2D eigenvalue weighted by Crippen LogP contribution is 2.39. The summed E-state index contributed by atoms with van der Waals surface area (Å²) < 4.78 is 0. The molecule has 6 rings (SSSR count). The molecule has 0 aliphatic carbocycles. The fourth-order valence-corrected chi connectivity index (χ4v) is 5.37. The highest BCUT2D eigenvalue weighted by Gasteiger charge is 2.13. The molecular formula is C40H33N. The van der Waals surface area contributed by atoms with Gasteiger partial charge >= 0.3 is 0 Å². The minimum absolute atomic E-state index is 0.754. The van der Waals surface area contributed by atoms with Crippen molar-refractivity contribution < 1.29 is 0 Å². The zero-order valence-corrected chi connectivity index (χ0v) is 23.3. The number of aryl methyl sites for hydroxylation is 1. The second-order valence-electron chi connectivity index (χ2n) is 10.5. The Morgan fingerprint density at radius 2 is 1.22 bits per heavy atom. The van der Waals surface area contributed by atoms with Gasteiger partial charge in [0.25, 0.3) is 0 Å². The van der Waals surface area contributed by atoms with Gasteiger partial charge in [-0.2, -0.15) is 0 Å². The van der Waals surface area contributed by atoms with Crippen LogP contribution in [-0.2, 0) is 6.42 Å². The molecule has 0 heterocycles. The first-order chi connectivity index (χ1) is 20.2. The van der Waals surface area contributed by atoms with Gasteiger partial charge in [-0.1, -0.05) is 157 Å². The summed E-state index contributed by atoms with van der Waals surface area (Å²) in [5, 5.41) is 2.50. The van der Waals surface area contributed by atoms with Crippen LogP contribution in [0.5, 0.6) is 0 Å². The van der Waals surface area contributed by atoms with E-state index in [9.17, 15) is 0 Å². The number of allylic oxidation sites excluding steroid dienone is 3. The Bertz CT molecular complexity index is 1830. The van der Waals surface area contributed by atoms with Gasteiger partial charge in [0.1, 0.15) is 0 Å². The monoisotopic (exact) mass is 527 g/mol. The minimum Gasteiger partial charge on any atom is -0.398 e. The molecule has 0 aromatic heterocycles. The second kappa shape index (κ2) is 11.9. The Kier molecular flexibility index (Phi) is 7.60. The lowest BCUT2D eigenvalue weighted by Crippen LogP contribution is -1.97. The molecule has 0 aliphatic heterocycles. The number of hydrogen-bond acceptors (Lipinski definition) is 1. The second-order valence-corrected chi connectivity index (χ2v) is 10.5. The van der Waals surface area contributed by atoms with Crippen LogP contribution in [-0.4, -0.2) is 0 Å². The smallest absolute Gasteiger partial charge is 0.0393 e. The molecule has 0 atom stereocenters. The van der Waals surface area contributed by atoms with Gasteiger partial charge in [-0.05, 0) is 74.7 Å². The lowest BCUT2D eigenvalue weighted by atomic mass is 9.88. The highest BCUT2D eigenvalue weighted by atomic mass is 14.6. The van der Waals surface area contributed by atoms with E-state index in [1.807, 2.05) is 18.2 Å². The summed E-state index contributed by atoms with van der Waals surface area (Å²) >= 11 is 0. The van der Waals surface area contributed by atoms with Gasteiger partial charge in [-0.3, -0.25) is 0 Å². The number of hydrogen-bond donors (Lipinski definition) is 1. The predicted octanol–water partition coefficient (Wildman–Crippen LogP) is 10.1. The van der Waals surface area contributed by atoms with Crippen molar-refractivity contribution in [3.8, 4) is 22.3 Å². The van der Waals surface area contributed by atoms with Crippen LogP contribution in [0.3, 0.4) is 0 Å². The quantitative estimate of drug-likeness (QED) is 0.205. The summed E-state index contributed by atoms with van der Waals surface area (Å²) in [4.78, 5) is 0. The molecule has 6 aromatic rings. The van der Waals surface area contributed by atoms with Crippen LogP contribution in [0, 0.1) is 6.92 Å². The van der Waals surface area contributed by atoms with E-state index >= 15 is 0 Å². The van der Waals surface area contributed by atoms with E-state index in [0.29, 0.717) is 0 Å². The van der Waals surface area contributed by atoms with Gasteiger partial charge in [-0.15, -0.1) is 0 Å². The number of fused-ring (bicyclic) bond motifs is 1. The van der Waals surface area contributed by atoms with Crippen molar-refractivity contribution in [1.82, 2.24) is 0 Å². The molecule has 0 saturated carbocycles. The molecule has 0 aliphatic rings. The lowest BCUT2D eigenvalue weighted by Gasteiger charge is -2.15. The van der Waals surface area contributed by atoms with Gasteiger partial charge in [0.15, 0.2) is 0 Å². The van der Waals surface area contributed by atoms with Crippen molar-refractivity contribution in [3.63, 3.8) is 0 Å². The molecule has 1 heteroatoms. The first-order valence-electron chi connectivity index (χ1n) is 14.1. The molecule has 41 heavy (non-hydrogen) atoms. The third kappa shape index (κ3) is 5.90. The lowest BCUT2D eigenvalue weighted by molar-refractivity contribution is 1.27. The number of benzene rings is 6. The van der Waals surface area contributed by atoms with E-state index in [-0.39, 0.29) is 0 Å². The van der Waals surface area contributed by atoms with E-state index in [4.69, 9.17) is 5.73 Å². The van der Waals surface area contributed by atoms with E-state index in [1.54, 1.807) is 0 Å². The Morgan fingerprint density at radius 1 is 0.585 bits per heavy atom. The van der Waals surface area contributed by atoms with Crippen LogP contribution in [0.1, 0.15) is 22.3 Å². The van der Waals surface area contributed by atoms with Crippen molar-refractivity contribution in [3.05, 3.63) is 180 Å². The zero-order valence-electron chi connectivity index (χ0n) is 23.3. The average molecular weight is 528 g/mol. The van der Waals surface area contributed by atoms with Crippen molar-refractivity contribution in [1.29, 1.82) is 0 Å².